The van der Waals surface area contributed by atoms with E-state index in [1.807, 2.05) is 37.4 Å². The Morgan fingerprint density at radius 1 is 1.33 bits per heavy atom. The fourth-order valence-corrected chi connectivity index (χ4v) is 2.42. The van der Waals surface area contributed by atoms with Crippen molar-refractivity contribution >= 4 is 11.9 Å². The monoisotopic (exact) mass is 328 g/mol. The Labute approximate surface area is 141 Å². The number of hydrogen-bond acceptors (Lipinski definition) is 7. The molecule has 1 aromatic carbocycles. The van der Waals surface area contributed by atoms with Gasteiger partial charge in [0.15, 0.2) is 6.19 Å². The van der Waals surface area contributed by atoms with Gasteiger partial charge in [-0.3, -0.25) is 5.32 Å². The number of benzene rings is 1. The number of rotatable bonds is 5. The summed E-state index contributed by atoms with van der Waals surface area (Å²) in [5, 5.41) is 14.2. The van der Waals surface area contributed by atoms with Crippen molar-refractivity contribution < 1.29 is 14.3 Å². The summed E-state index contributed by atoms with van der Waals surface area (Å²) in [6.45, 7) is 6.27. The Balaban J connectivity index is 2.40. The maximum Gasteiger partial charge on any atom is 0.338 e. The fraction of sp³-hybridized carbons (Fsp3) is 0.353. The second-order valence-corrected chi connectivity index (χ2v) is 5.00. The summed E-state index contributed by atoms with van der Waals surface area (Å²) in [6, 6.07) is 6.79. The predicted octanol–water partition coefficient (Wildman–Crippen LogP) is 1.99. The summed E-state index contributed by atoms with van der Waals surface area (Å²) in [5.74, 6) is 0.607. The molecule has 0 fully saturated rings. The van der Waals surface area contributed by atoms with Gasteiger partial charge in [0.25, 0.3) is 0 Å². The number of nitriles is 1. The van der Waals surface area contributed by atoms with Crippen molar-refractivity contribution in [3.05, 3.63) is 41.1 Å². The second-order valence-electron chi connectivity index (χ2n) is 5.00. The Kier molecular flexibility index (Phi) is 5.79. The van der Waals surface area contributed by atoms with E-state index < -0.39 is 12.0 Å². The summed E-state index contributed by atoms with van der Waals surface area (Å²) in [7, 11) is 0. The van der Waals surface area contributed by atoms with Gasteiger partial charge in [0.1, 0.15) is 11.8 Å². The van der Waals surface area contributed by atoms with Crippen molar-refractivity contribution in [1.29, 1.82) is 5.26 Å². The van der Waals surface area contributed by atoms with E-state index in [2.05, 4.69) is 15.6 Å². The summed E-state index contributed by atoms with van der Waals surface area (Å²) < 4.78 is 10.6. The standard InChI is InChI=1S/C17H20N4O3/c1-4-23-13-8-6-12(7-9-13)15-14(16(22)24-5-2)11(3)20-17(21-15)19-10-18/h6-9,15H,4-5H2,1-3H3,(H2,19,20,21). The third-order valence-electron chi connectivity index (χ3n) is 3.42. The first-order valence-electron chi connectivity index (χ1n) is 7.71. The normalized spacial score (nSPS) is 16.6. The number of nitrogens with one attached hydrogen (secondary N) is 2. The molecule has 1 aliphatic heterocycles. The Bertz CT molecular complexity index is 702. The van der Waals surface area contributed by atoms with Gasteiger partial charge in [-0.2, -0.15) is 5.26 Å². The second kappa shape index (κ2) is 8.02. The summed E-state index contributed by atoms with van der Waals surface area (Å²) in [6.07, 6.45) is 1.82. The zero-order valence-corrected chi connectivity index (χ0v) is 13.9. The van der Waals surface area contributed by atoms with E-state index in [0.717, 1.165) is 11.3 Å². The number of ether oxygens (including phenoxy) is 2. The molecule has 0 bridgehead atoms. The Morgan fingerprint density at radius 3 is 2.62 bits per heavy atom. The molecule has 7 heteroatoms. The number of hydrogen-bond donors (Lipinski definition) is 2. The quantitative estimate of drug-likeness (QED) is 0.487. The average molecular weight is 328 g/mol. The van der Waals surface area contributed by atoms with E-state index >= 15 is 0 Å². The van der Waals surface area contributed by atoms with E-state index in [1.165, 1.54) is 0 Å². The van der Waals surface area contributed by atoms with Crippen LogP contribution in [-0.2, 0) is 9.53 Å². The molecule has 1 heterocycles. The van der Waals surface area contributed by atoms with Crippen LogP contribution in [-0.4, -0.2) is 25.1 Å². The van der Waals surface area contributed by atoms with Crippen LogP contribution in [0, 0.1) is 11.5 Å². The van der Waals surface area contributed by atoms with Crippen molar-refractivity contribution in [3.63, 3.8) is 0 Å². The highest BCUT2D eigenvalue weighted by Crippen LogP contribution is 2.32. The van der Waals surface area contributed by atoms with Gasteiger partial charge in [0.05, 0.1) is 18.8 Å². The summed E-state index contributed by atoms with van der Waals surface area (Å²) in [4.78, 5) is 16.8. The highest BCUT2D eigenvalue weighted by atomic mass is 16.5. The van der Waals surface area contributed by atoms with Crippen molar-refractivity contribution in [2.24, 2.45) is 4.99 Å². The molecule has 0 saturated heterocycles. The van der Waals surface area contributed by atoms with E-state index in [9.17, 15) is 4.79 Å². The maximum absolute atomic E-state index is 12.3. The minimum atomic E-state index is -0.558. The van der Waals surface area contributed by atoms with Gasteiger partial charge < -0.3 is 14.8 Å². The van der Waals surface area contributed by atoms with Crippen molar-refractivity contribution in [3.8, 4) is 11.9 Å². The number of esters is 1. The van der Waals surface area contributed by atoms with Gasteiger partial charge in [-0.05, 0) is 38.5 Å². The summed E-state index contributed by atoms with van der Waals surface area (Å²) in [5.41, 5.74) is 1.82. The van der Waals surface area contributed by atoms with Gasteiger partial charge >= 0.3 is 5.97 Å². The fourth-order valence-electron chi connectivity index (χ4n) is 2.42. The molecular formula is C17H20N4O3. The lowest BCUT2D eigenvalue weighted by atomic mass is 9.96. The van der Waals surface area contributed by atoms with Crippen LogP contribution in [0.1, 0.15) is 32.4 Å². The average Bonchev–Trinajstić information content (AvgIpc) is 2.56. The maximum atomic E-state index is 12.3. The van der Waals surface area contributed by atoms with Crippen molar-refractivity contribution in [2.45, 2.75) is 26.8 Å². The largest absolute Gasteiger partial charge is 0.494 e. The van der Waals surface area contributed by atoms with Gasteiger partial charge in [0.2, 0.25) is 5.96 Å². The molecule has 0 radical (unpaired) electrons. The Morgan fingerprint density at radius 2 is 2.04 bits per heavy atom. The molecule has 0 saturated carbocycles. The van der Waals surface area contributed by atoms with E-state index in [-0.39, 0.29) is 6.61 Å². The number of nitrogens with zero attached hydrogens (tertiary/aromatic N) is 2. The first-order valence-corrected chi connectivity index (χ1v) is 7.71. The van der Waals surface area contributed by atoms with Crippen LogP contribution in [0.5, 0.6) is 5.75 Å². The number of carbonyl (C=O) groups is 1. The van der Waals surface area contributed by atoms with Gasteiger partial charge in [-0.1, -0.05) is 12.1 Å². The predicted molar refractivity (Wildman–Crippen MR) is 89.0 cm³/mol. The molecule has 24 heavy (non-hydrogen) atoms. The molecule has 1 unspecified atom stereocenters. The highest BCUT2D eigenvalue weighted by Gasteiger charge is 2.30. The van der Waals surface area contributed by atoms with Crippen LogP contribution < -0.4 is 15.4 Å². The third kappa shape index (κ3) is 3.84. The van der Waals surface area contributed by atoms with Crippen LogP contribution in [0.4, 0.5) is 0 Å². The number of guanidine groups is 1. The highest BCUT2D eigenvalue weighted by molar-refractivity contribution is 5.95. The first kappa shape index (κ1) is 17.3. The van der Waals surface area contributed by atoms with Crippen LogP contribution in [0.2, 0.25) is 0 Å². The molecule has 0 aromatic heterocycles. The Hall–Kier alpha value is -3.01. The van der Waals surface area contributed by atoms with Crippen LogP contribution in [0.15, 0.2) is 40.5 Å². The van der Waals surface area contributed by atoms with Gasteiger partial charge in [0, 0.05) is 5.70 Å². The van der Waals surface area contributed by atoms with E-state index in [0.29, 0.717) is 23.8 Å². The molecule has 1 aliphatic rings. The smallest absolute Gasteiger partial charge is 0.338 e. The molecule has 1 atom stereocenters. The summed E-state index contributed by atoms with van der Waals surface area (Å²) >= 11 is 0. The van der Waals surface area contributed by atoms with E-state index in [4.69, 9.17) is 14.7 Å². The molecule has 0 spiro atoms. The third-order valence-corrected chi connectivity index (χ3v) is 3.42. The number of carbonyl (C=O) groups excluding carboxylic acids is 1. The van der Waals surface area contributed by atoms with Crippen molar-refractivity contribution in [2.75, 3.05) is 13.2 Å². The van der Waals surface area contributed by atoms with E-state index in [1.54, 1.807) is 13.8 Å². The molecule has 7 nitrogen and oxygen atoms in total. The number of aliphatic imine (C=N–C) groups is 1. The topological polar surface area (TPSA) is 95.7 Å². The van der Waals surface area contributed by atoms with Crippen LogP contribution in [0.25, 0.3) is 0 Å². The molecule has 2 N–H and O–H groups in total. The molecule has 1 aromatic rings. The zero-order chi connectivity index (χ0) is 17.5. The lowest BCUT2D eigenvalue weighted by Crippen LogP contribution is -2.39. The molecule has 2 rings (SSSR count). The zero-order valence-electron chi connectivity index (χ0n) is 13.9. The van der Waals surface area contributed by atoms with Crippen LogP contribution >= 0.6 is 0 Å². The van der Waals surface area contributed by atoms with Gasteiger partial charge in [-0.25, -0.2) is 9.79 Å². The number of allylic oxidation sites excluding steroid dienone is 1. The lowest BCUT2D eigenvalue weighted by molar-refractivity contribution is -0.138. The minimum absolute atomic E-state index is 0.276. The molecule has 126 valence electrons. The first-order chi connectivity index (χ1) is 11.6. The van der Waals surface area contributed by atoms with Gasteiger partial charge in [-0.15, -0.1) is 0 Å². The lowest BCUT2D eigenvalue weighted by Gasteiger charge is -2.25. The van der Waals surface area contributed by atoms with Crippen LogP contribution in [0.3, 0.4) is 0 Å². The SMILES string of the molecule is CCOC(=O)C1=C(C)NC(NC#N)=NC1c1ccc(OCC)cc1. The molecular weight excluding hydrogens is 308 g/mol. The molecule has 0 amide bonds. The van der Waals surface area contributed by atoms with Crippen molar-refractivity contribution in [1.82, 2.24) is 10.6 Å². The minimum Gasteiger partial charge on any atom is -0.494 e. The molecule has 0 aliphatic carbocycles.